The van der Waals surface area contributed by atoms with Crippen molar-refractivity contribution < 1.29 is 4.79 Å². The lowest BCUT2D eigenvalue weighted by Gasteiger charge is -2.08. The third-order valence-corrected chi connectivity index (χ3v) is 3.03. The molecule has 100 valence electrons. The van der Waals surface area contributed by atoms with Crippen molar-refractivity contribution in [3.8, 4) is 0 Å². The first-order chi connectivity index (χ1) is 8.95. The molecule has 1 aromatic heterocycles. The van der Waals surface area contributed by atoms with Gasteiger partial charge in [-0.1, -0.05) is 11.6 Å². The van der Waals surface area contributed by atoms with Gasteiger partial charge in [0.15, 0.2) is 5.82 Å². The van der Waals surface area contributed by atoms with Crippen LogP contribution in [0.1, 0.15) is 11.3 Å². The summed E-state index contributed by atoms with van der Waals surface area (Å²) in [6.45, 7) is 3.80. The molecule has 2 rings (SSSR count). The van der Waals surface area contributed by atoms with Crippen molar-refractivity contribution >= 4 is 29.1 Å². The molecule has 0 aliphatic carbocycles. The van der Waals surface area contributed by atoms with Gasteiger partial charge in [0.05, 0.1) is 0 Å². The van der Waals surface area contributed by atoms with Crippen LogP contribution in [0.3, 0.4) is 0 Å². The number of anilines is 2. The monoisotopic (exact) mass is 278 g/mol. The van der Waals surface area contributed by atoms with Crippen molar-refractivity contribution in [2.75, 3.05) is 10.6 Å². The molecule has 0 radical (unpaired) electrons. The maximum Gasteiger partial charge on any atom is 0.324 e. The zero-order valence-corrected chi connectivity index (χ0v) is 11.7. The topological polar surface area (TPSA) is 59.0 Å². The van der Waals surface area contributed by atoms with E-state index >= 15 is 0 Å². The number of carbonyl (C=O) groups excluding carboxylic acids is 1. The second-order valence-corrected chi connectivity index (χ2v) is 4.77. The second-order valence-electron chi connectivity index (χ2n) is 4.33. The summed E-state index contributed by atoms with van der Waals surface area (Å²) in [5.74, 6) is 0.518. The van der Waals surface area contributed by atoms with Crippen molar-refractivity contribution in [2.24, 2.45) is 7.05 Å². The fourth-order valence-electron chi connectivity index (χ4n) is 1.66. The molecule has 0 saturated carbocycles. The first-order valence-electron chi connectivity index (χ1n) is 5.80. The summed E-state index contributed by atoms with van der Waals surface area (Å²) in [4.78, 5) is 11.8. The number of hydrogen-bond acceptors (Lipinski definition) is 2. The SMILES string of the molecule is Cc1cc(Cl)ccc1NC(=O)Nc1cc(C)n(C)n1. The van der Waals surface area contributed by atoms with Crippen LogP contribution in [0.2, 0.25) is 5.02 Å². The molecule has 6 heteroatoms. The largest absolute Gasteiger partial charge is 0.324 e. The minimum atomic E-state index is -0.330. The van der Waals surface area contributed by atoms with E-state index in [-0.39, 0.29) is 6.03 Å². The van der Waals surface area contributed by atoms with Crippen molar-refractivity contribution in [1.29, 1.82) is 0 Å². The average Bonchev–Trinajstić information content (AvgIpc) is 2.62. The number of hydrogen-bond donors (Lipinski definition) is 2. The smallest absolute Gasteiger partial charge is 0.307 e. The fraction of sp³-hybridized carbons (Fsp3) is 0.231. The van der Waals surface area contributed by atoms with Gasteiger partial charge in [-0.15, -0.1) is 0 Å². The third kappa shape index (κ3) is 3.26. The minimum Gasteiger partial charge on any atom is -0.307 e. The Bertz CT molecular complexity index is 602. The molecule has 5 nitrogen and oxygen atoms in total. The molecular formula is C13H15ClN4O. The van der Waals surface area contributed by atoms with E-state index in [0.29, 0.717) is 10.8 Å². The number of rotatable bonds is 2. The predicted molar refractivity (Wildman–Crippen MR) is 76.8 cm³/mol. The highest BCUT2D eigenvalue weighted by Gasteiger charge is 2.08. The van der Waals surface area contributed by atoms with Gasteiger partial charge in [0, 0.05) is 29.5 Å². The molecule has 0 aliphatic heterocycles. The minimum absolute atomic E-state index is 0.330. The zero-order valence-electron chi connectivity index (χ0n) is 11.0. The number of amides is 2. The Morgan fingerprint density at radius 1 is 1.26 bits per heavy atom. The quantitative estimate of drug-likeness (QED) is 0.885. The first kappa shape index (κ1) is 13.4. The van der Waals surface area contributed by atoms with Gasteiger partial charge in [-0.3, -0.25) is 10.00 Å². The van der Waals surface area contributed by atoms with Crippen molar-refractivity contribution in [3.05, 3.63) is 40.5 Å². The molecule has 2 N–H and O–H groups in total. The van der Waals surface area contributed by atoms with Crippen molar-refractivity contribution in [1.82, 2.24) is 9.78 Å². The van der Waals surface area contributed by atoms with E-state index in [1.807, 2.05) is 20.9 Å². The highest BCUT2D eigenvalue weighted by Crippen LogP contribution is 2.19. The highest BCUT2D eigenvalue weighted by molar-refractivity contribution is 6.30. The van der Waals surface area contributed by atoms with Gasteiger partial charge in [0.1, 0.15) is 0 Å². The Kier molecular flexibility index (Phi) is 3.76. The zero-order chi connectivity index (χ0) is 14.0. The highest BCUT2D eigenvalue weighted by atomic mass is 35.5. The summed E-state index contributed by atoms with van der Waals surface area (Å²) in [5, 5.41) is 10.2. The van der Waals surface area contributed by atoms with Gasteiger partial charge in [0.25, 0.3) is 0 Å². The van der Waals surface area contributed by atoms with Crippen LogP contribution in [-0.4, -0.2) is 15.8 Å². The van der Waals surface area contributed by atoms with E-state index in [2.05, 4.69) is 15.7 Å². The first-order valence-corrected chi connectivity index (χ1v) is 6.18. The number of aryl methyl sites for hydroxylation is 3. The lowest BCUT2D eigenvalue weighted by molar-refractivity contribution is 0.262. The Balaban J connectivity index is 2.05. The van der Waals surface area contributed by atoms with E-state index in [1.165, 1.54) is 0 Å². The van der Waals surface area contributed by atoms with E-state index in [0.717, 1.165) is 16.9 Å². The maximum atomic E-state index is 11.8. The molecule has 2 aromatic rings. The van der Waals surface area contributed by atoms with Gasteiger partial charge in [-0.05, 0) is 37.6 Å². The maximum absolute atomic E-state index is 11.8. The summed E-state index contributed by atoms with van der Waals surface area (Å²) in [6, 6.07) is 6.76. The average molecular weight is 279 g/mol. The molecule has 0 aliphatic rings. The summed E-state index contributed by atoms with van der Waals surface area (Å²) >= 11 is 5.86. The van der Waals surface area contributed by atoms with Gasteiger partial charge in [-0.2, -0.15) is 5.10 Å². The van der Waals surface area contributed by atoms with Gasteiger partial charge >= 0.3 is 6.03 Å². The molecule has 0 unspecified atom stereocenters. The predicted octanol–water partition coefficient (Wildman–Crippen LogP) is 3.33. The number of halogens is 1. The van der Waals surface area contributed by atoms with Gasteiger partial charge < -0.3 is 5.32 Å². The molecule has 1 heterocycles. The molecule has 0 atom stereocenters. The Hall–Kier alpha value is -2.01. The molecule has 19 heavy (non-hydrogen) atoms. The standard InChI is InChI=1S/C13H15ClN4O/c1-8-6-10(14)4-5-11(8)15-13(19)16-12-7-9(2)18(3)17-12/h4-7H,1-3H3,(H2,15,16,17,19). The van der Waals surface area contributed by atoms with Crippen LogP contribution in [0.25, 0.3) is 0 Å². The Morgan fingerprint density at radius 2 is 2.00 bits per heavy atom. The number of nitrogens with one attached hydrogen (secondary N) is 2. The normalized spacial score (nSPS) is 10.3. The second kappa shape index (κ2) is 5.32. The fourth-order valence-corrected chi connectivity index (χ4v) is 1.89. The molecule has 2 amide bonds. The Morgan fingerprint density at radius 3 is 2.58 bits per heavy atom. The van der Waals surface area contributed by atoms with E-state index in [9.17, 15) is 4.79 Å². The number of urea groups is 1. The van der Waals surface area contributed by atoms with E-state index < -0.39 is 0 Å². The summed E-state index contributed by atoms with van der Waals surface area (Å²) < 4.78 is 1.70. The van der Waals surface area contributed by atoms with Crippen LogP contribution in [0.5, 0.6) is 0 Å². The van der Waals surface area contributed by atoms with Crippen LogP contribution < -0.4 is 10.6 Å². The van der Waals surface area contributed by atoms with Crippen LogP contribution >= 0.6 is 11.6 Å². The summed E-state index contributed by atoms with van der Waals surface area (Å²) in [6.07, 6.45) is 0. The van der Waals surface area contributed by atoms with Gasteiger partial charge in [-0.25, -0.2) is 4.79 Å². The summed E-state index contributed by atoms with van der Waals surface area (Å²) in [5.41, 5.74) is 2.59. The molecular weight excluding hydrogens is 264 g/mol. The van der Waals surface area contributed by atoms with Crippen molar-refractivity contribution in [3.63, 3.8) is 0 Å². The van der Waals surface area contributed by atoms with E-state index in [4.69, 9.17) is 11.6 Å². The molecule has 0 spiro atoms. The van der Waals surface area contributed by atoms with Crippen LogP contribution in [-0.2, 0) is 7.05 Å². The van der Waals surface area contributed by atoms with E-state index in [1.54, 1.807) is 28.9 Å². The number of aromatic nitrogens is 2. The van der Waals surface area contributed by atoms with Crippen LogP contribution in [0.15, 0.2) is 24.3 Å². The lowest BCUT2D eigenvalue weighted by atomic mass is 10.2. The number of carbonyl (C=O) groups is 1. The summed E-state index contributed by atoms with van der Waals surface area (Å²) in [7, 11) is 1.82. The number of benzene rings is 1. The van der Waals surface area contributed by atoms with Crippen LogP contribution in [0, 0.1) is 13.8 Å². The van der Waals surface area contributed by atoms with Crippen LogP contribution in [0.4, 0.5) is 16.3 Å². The molecule has 0 bridgehead atoms. The lowest BCUT2D eigenvalue weighted by Crippen LogP contribution is -2.20. The Labute approximate surface area is 116 Å². The third-order valence-electron chi connectivity index (χ3n) is 2.79. The van der Waals surface area contributed by atoms with Gasteiger partial charge in [0.2, 0.25) is 0 Å². The molecule has 1 aromatic carbocycles. The molecule has 0 fully saturated rings. The number of nitrogens with zero attached hydrogens (tertiary/aromatic N) is 2. The molecule has 0 saturated heterocycles. The van der Waals surface area contributed by atoms with Crippen molar-refractivity contribution in [2.45, 2.75) is 13.8 Å².